The first-order valence-corrected chi connectivity index (χ1v) is 6.59. The van der Waals surface area contributed by atoms with Gasteiger partial charge >= 0.3 is 0 Å². The molecule has 0 bridgehead atoms. The van der Waals surface area contributed by atoms with E-state index < -0.39 is 22.0 Å². The molecule has 0 heterocycles. The van der Waals surface area contributed by atoms with E-state index in [0.29, 0.717) is 0 Å². The predicted molar refractivity (Wildman–Crippen MR) is 66.2 cm³/mol. The number of hydrogen-bond donors (Lipinski definition) is 4. The van der Waals surface area contributed by atoms with Gasteiger partial charge in [0.15, 0.2) is 0 Å². The number of benzene rings is 1. The van der Waals surface area contributed by atoms with Gasteiger partial charge in [-0.2, -0.15) is 0 Å². The second-order valence-corrected chi connectivity index (χ2v) is 5.55. The van der Waals surface area contributed by atoms with Crippen LogP contribution in [0, 0.1) is 0 Å². The van der Waals surface area contributed by atoms with Gasteiger partial charge in [-0.15, -0.1) is 0 Å². The van der Waals surface area contributed by atoms with Crippen molar-refractivity contribution in [2.45, 2.75) is 17.9 Å². The SMILES string of the molecule is CC(O)CNS(=O)(=O)c1ccc(C(N)=O)cc1N. The lowest BCUT2D eigenvalue weighted by atomic mass is 10.2. The summed E-state index contributed by atoms with van der Waals surface area (Å²) in [6.45, 7) is 1.32. The second-order valence-electron chi connectivity index (χ2n) is 3.82. The Labute approximate surface area is 105 Å². The molecular weight excluding hydrogens is 258 g/mol. The van der Waals surface area contributed by atoms with Gasteiger partial charge < -0.3 is 16.6 Å². The van der Waals surface area contributed by atoms with Crippen molar-refractivity contribution in [2.75, 3.05) is 12.3 Å². The summed E-state index contributed by atoms with van der Waals surface area (Å²) in [6.07, 6.45) is -0.814. The van der Waals surface area contributed by atoms with Crippen LogP contribution in [-0.4, -0.2) is 32.1 Å². The molecule has 0 saturated heterocycles. The van der Waals surface area contributed by atoms with Crippen LogP contribution in [0.5, 0.6) is 0 Å². The fourth-order valence-electron chi connectivity index (χ4n) is 1.25. The van der Waals surface area contributed by atoms with Crippen LogP contribution in [0.1, 0.15) is 17.3 Å². The van der Waals surface area contributed by atoms with Crippen LogP contribution >= 0.6 is 0 Å². The molecule has 0 aromatic heterocycles. The normalized spacial score (nSPS) is 13.2. The third-order valence-electron chi connectivity index (χ3n) is 2.15. The zero-order valence-electron chi connectivity index (χ0n) is 9.75. The molecule has 1 unspecified atom stereocenters. The summed E-state index contributed by atoms with van der Waals surface area (Å²) < 4.78 is 25.8. The number of sulfonamides is 1. The summed E-state index contributed by atoms with van der Waals surface area (Å²) in [7, 11) is -3.82. The molecule has 1 aromatic rings. The molecule has 0 spiro atoms. The smallest absolute Gasteiger partial charge is 0.248 e. The highest BCUT2D eigenvalue weighted by Crippen LogP contribution is 2.19. The van der Waals surface area contributed by atoms with Gasteiger partial charge in [-0.25, -0.2) is 13.1 Å². The van der Waals surface area contributed by atoms with Crippen molar-refractivity contribution >= 4 is 21.6 Å². The molecule has 18 heavy (non-hydrogen) atoms. The number of nitrogens with two attached hydrogens (primary N) is 2. The van der Waals surface area contributed by atoms with Crippen molar-refractivity contribution in [3.63, 3.8) is 0 Å². The highest BCUT2D eigenvalue weighted by molar-refractivity contribution is 7.89. The lowest BCUT2D eigenvalue weighted by Crippen LogP contribution is -2.31. The zero-order valence-corrected chi connectivity index (χ0v) is 10.6. The van der Waals surface area contributed by atoms with Crippen molar-refractivity contribution in [1.29, 1.82) is 0 Å². The highest BCUT2D eigenvalue weighted by Gasteiger charge is 2.18. The minimum Gasteiger partial charge on any atom is -0.398 e. The van der Waals surface area contributed by atoms with Gasteiger partial charge in [0.2, 0.25) is 15.9 Å². The molecule has 6 N–H and O–H groups in total. The van der Waals surface area contributed by atoms with E-state index in [1.807, 2.05) is 0 Å². The topological polar surface area (TPSA) is 136 Å². The van der Waals surface area contributed by atoms with Crippen LogP contribution in [0.15, 0.2) is 23.1 Å². The largest absolute Gasteiger partial charge is 0.398 e. The van der Waals surface area contributed by atoms with E-state index in [2.05, 4.69) is 4.72 Å². The minimum atomic E-state index is -3.82. The molecule has 1 atom stereocenters. The van der Waals surface area contributed by atoms with Crippen molar-refractivity contribution in [2.24, 2.45) is 5.73 Å². The fraction of sp³-hybridized carbons (Fsp3) is 0.300. The molecule has 0 fully saturated rings. The molecule has 1 aromatic carbocycles. The number of amides is 1. The first kappa shape index (κ1) is 14.4. The number of hydrogen-bond acceptors (Lipinski definition) is 5. The molecule has 0 aliphatic heterocycles. The number of nitrogen functional groups attached to an aromatic ring is 1. The Hall–Kier alpha value is -1.64. The molecule has 7 nitrogen and oxygen atoms in total. The number of aliphatic hydroxyl groups excluding tert-OH is 1. The van der Waals surface area contributed by atoms with E-state index in [0.717, 1.165) is 0 Å². The van der Waals surface area contributed by atoms with Crippen molar-refractivity contribution in [3.05, 3.63) is 23.8 Å². The maximum absolute atomic E-state index is 11.8. The maximum Gasteiger partial charge on any atom is 0.248 e. The Bertz CT molecular complexity index is 554. The third-order valence-corrected chi connectivity index (χ3v) is 3.65. The van der Waals surface area contributed by atoms with Gasteiger partial charge in [0.05, 0.1) is 11.8 Å². The van der Waals surface area contributed by atoms with Gasteiger partial charge in [0.1, 0.15) is 4.90 Å². The number of aliphatic hydroxyl groups is 1. The van der Waals surface area contributed by atoms with Crippen LogP contribution in [0.2, 0.25) is 0 Å². The standard InChI is InChI=1S/C10H15N3O4S/c1-6(14)5-13-18(16,17)9-3-2-7(10(12)15)4-8(9)11/h2-4,6,13-14H,5,11H2,1H3,(H2,12,15). The fourth-order valence-corrected chi connectivity index (χ4v) is 2.49. The summed E-state index contributed by atoms with van der Waals surface area (Å²) >= 11 is 0. The number of rotatable bonds is 5. The zero-order chi connectivity index (χ0) is 13.9. The summed E-state index contributed by atoms with van der Waals surface area (Å²) in [4.78, 5) is 10.7. The summed E-state index contributed by atoms with van der Waals surface area (Å²) in [5.41, 5.74) is 10.7. The Kier molecular flexibility index (Phi) is 4.28. The first-order valence-electron chi connectivity index (χ1n) is 5.11. The lowest BCUT2D eigenvalue weighted by molar-refractivity contribution is 0.1000. The Morgan fingerprint density at radius 3 is 2.56 bits per heavy atom. The van der Waals surface area contributed by atoms with Crippen LogP contribution in [-0.2, 0) is 10.0 Å². The Balaban J connectivity index is 3.06. The lowest BCUT2D eigenvalue weighted by Gasteiger charge is -2.10. The van der Waals surface area contributed by atoms with E-state index in [4.69, 9.17) is 16.6 Å². The van der Waals surface area contributed by atoms with E-state index in [-0.39, 0.29) is 22.7 Å². The molecule has 0 radical (unpaired) electrons. The van der Waals surface area contributed by atoms with Gasteiger partial charge in [-0.05, 0) is 25.1 Å². The Morgan fingerprint density at radius 1 is 1.50 bits per heavy atom. The van der Waals surface area contributed by atoms with Crippen LogP contribution < -0.4 is 16.2 Å². The monoisotopic (exact) mass is 273 g/mol. The van der Waals surface area contributed by atoms with Crippen molar-refractivity contribution in [3.8, 4) is 0 Å². The van der Waals surface area contributed by atoms with Crippen molar-refractivity contribution < 1.29 is 18.3 Å². The number of anilines is 1. The predicted octanol–water partition coefficient (Wildman–Crippen LogP) is -0.973. The second kappa shape index (κ2) is 5.34. The summed E-state index contributed by atoms with van der Waals surface area (Å²) in [6, 6.07) is 3.66. The molecule has 1 amide bonds. The van der Waals surface area contributed by atoms with Crippen molar-refractivity contribution in [1.82, 2.24) is 4.72 Å². The van der Waals surface area contributed by atoms with E-state index in [9.17, 15) is 13.2 Å². The number of carbonyl (C=O) groups is 1. The summed E-state index contributed by atoms with van der Waals surface area (Å²) in [5.74, 6) is -0.692. The quantitative estimate of drug-likeness (QED) is 0.512. The van der Waals surface area contributed by atoms with Crippen LogP contribution in [0.4, 0.5) is 5.69 Å². The molecular formula is C10H15N3O4S. The van der Waals surface area contributed by atoms with Gasteiger partial charge in [-0.1, -0.05) is 0 Å². The number of carbonyl (C=O) groups excluding carboxylic acids is 1. The van der Waals surface area contributed by atoms with E-state index in [1.54, 1.807) is 0 Å². The first-order chi connectivity index (χ1) is 8.24. The molecule has 0 aliphatic carbocycles. The molecule has 0 saturated carbocycles. The molecule has 0 aliphatic rings. The summed E-state index contributed by atoms with van der Waals surface area (Å²) in [5, 5.41) is 9.03. The third kappa shape index (κ3) is 3.42. The van der Waals surface area contributed by atoms with E-state index in [1.165, 1.54) is 25.1 Å². The Morgan fingerprint density at radius 2 is 2.11 bits per heavy atom. The van der Waals surface area contributed by atoms with Crippen LogP contribution in [0.3, 0.4) is 0 Å². The maximum atomic E-state index is 11.8. The van der Waals surface area contributed by atoms with Gasteiger partial charge in [0.25, 0.3) is 0 Å². The molecule has 100 valence electrons. The average molecular weight is 273 g/mol. The number of primary amides is 1. The minimum absolute atomic E-state index is 0.0793. The van der Waals surface area contributed by atoms with Gasteiger partial charge in [0, 0.05) is 12.1 Å². The molecule has 8 heteroatoms. The average Bonchev–Trinajstić information content (AvgIpc) is 2.26. The van der Waals surface area contributed by atoms with Crippen LogP contribution in [0.25, 0.3) is 0 Å². The van der Waals surface area contributed by atoms with E-state index >= 15 is 0 Å². The molecule has 1 rings (SSSR count). The highest BCUT2D eigenvalue weighted by atomic mass is 32.2. The number of nitrogens with one attached hydrogen (secondary N) is 1. The van der Waals surface area contributed by atoms with Gasteiger partial charge in [-0.3, -0.25) is 4.79 Å².